The Balaban J connectivity index is 2.00. The average molecular weight is 506 g/mol. The van der Waals surface area contributed by atoms with Crippen molar-refractivity contribution in [3.8, 4) is 11.5 Å². The van der Waals surface area contributed by atoms with Crippen molar-refractivity contribution in [1.29, 1.82) is 0 Å². The first kappa shape index (κ1) is 26.8. The van der Waals surface area contributed by atoms with Crippen LogP contribution in [0.15, 0.2) is 47.4 Å². The van der Waals surface area contributed by atoms with E-state index in [4.69, 9.17) is 9.47 Å². The number of likely N-dealkylation sites (N-methyl/N-ethyl adjacent to an activating group) is 1. The fourth-order valence-electron chi connectivity index (χ4n) is 4.08. The van der Waals surface area contributed by atoms with Crippen LogP contribution in [0.4, 0.5) is 5.69 Å². The Morgan fingerprint density at radius 1 is 1.17 bits per heavy atom. The first-order valence-electron chi connectivity index (χ1n) is 11.5. The van der Waals surface area contributed by atoms with Crippen molar-refractivity contribution in [2.75, 3.05) is 52.8 Å². The quantitative estimate of drug-likeness (QED) is 0.588. The molecule has 0 saturated heterocycles. The van der Waals surface area contributed by atoms with Gasteiger partial charge in [-0.1, -0.05) is 13.0 Å². The Labute approximate surface area is 207 Å². The van der Waals surface area contributed by atoms with Gasteiger partial charge in [-0.05, 0) is 43.3 Å². The number of carbonyl (C=O) groups is 1. The van der Waals surface area contributed by atoms with Gasteiger partial charge in [0.2, 0.25) is 10.0 Å². The summed E-state index contributed by atoms with van der Waals surface area (Å²) < 4.78 is 39.4. The molecule has 10 heteroatoms. The van der Waals surface area contributed by atoms with E-state index in [9.17, 15) is 18.3 Å². The van der Waals surface area contributed by atoms with Crippen molar-refractivity contribution < 1.29 is 27.8 Å². The highest BCUT2D eigenvalue weighted by Gasteiger charge is 2.36. The largest absolute Gasteiger partial charge is 0.497 e. The van der Waals surface area contributed by atoms with Gasteiger partial charge < -0.3 is 24.4 Å². The summed E-state index contributed by atoms with van der Waals surface area (Å²) in [6.45, 7) is 3.92. The first-order valence-corrected chi connectivity index (χ1v) is 12.9. The Hall–Kier alpha value is -2.82. The molecule has 3 atom stereocenters. The number of carbonyl (C=O) groups excluding carboxylic acids is 1. The minimum Gasteiger partial charge on any atom is -0.497 e. The highest BCUT2D eigenvalue weighted by molar-refractivity contribution is 7.89. The van der Waals surface area contributed by atoms with Crippen LogP contribution in [0.25, 0.3) is 0 Å². The monoisotopic (exact) mass is 505 g/mol. The number of hydrogen-bond donors (Lipinski definition) is 1. The zero-order valence-corrected chi connectivity index (χ0v) is 21.9. The van der Waals surface area contributed by atoms with Crippen molar-refractivity contribution >= 4 is 21.6 Å². The molecule has 0 aliphatic carbocycles. The summed E-state index contributed by atoms with van der Waals surface area (Å²) in [7, 11) is 2.96. The van der Waals surface area contributed by atoms with Gasteiger partial charge in [-0.2, -0.15) is 4.31 Å². The van der Waals surface area contributed by atoms with Crippen LogP contribution >= 0.6 is 0 Å². The molecule has 0 aromatic heterocycles. The predicted octanol–water partition coefficient (Wildman–Crippen LogP) is 2.30. The molecule has 35 heavy (non-hydrogen) atoms. The summed E-state index contributed by atoms with van der Waals surface area (Å²) in [5, 5.41) is 9.80. The van der Waals surface area contributed by atoms with Gasteiger partial charge in [-0.25, -0.2) is 8.42 Å². The summed E-state index contributed by atoms with van der Waals surface area (Å²) in [5.41, 5.74) is 1.10. The number of amides is 1. The number of anilines is 1. The maximum Gasteiger partial charge on any atom is 0.258 e. The highest BCUT2D eigenvalue weighted by atomic mass is 32.2. The SMILES string of the molecule is COc1ccc(S(=O)(=O)N(C)C[C@H]2Oc3c(cccc3N(C)C)C(=O)N([C@@H](C)CO)C[C@H]2C)cc1. The van der Waals surface area contributed by atoms with Crippen molar-refractivity contribution in [2.45, 2.75) is 30.9 Å². The predicted molar refractivity (Wildman–Crippen MR) is 135 cm³/mol. The van der Waals surface area contributed by atoms with Crippen LogP contribution in [-0.2, 0) is 10.0 Å². The van der Waals surface area contributed by atoms with Crippen molar-refractivity contribution in [3.05, 3.63) is 48.0 Å². The second-order valence-corrected chi connectivity index (χ2v) is 11.2. The maximum absolute atomic E-state index is 13.4. The van der Waals surface area contributed by atoms with Crippen LogP contribution in [-0.4, -0.2) is 88.7 Å². The van der Waals surface area contributed by atoms with Crippen LogP contribution < -0.4 is 14.4 Å². The lowest BCUT2D eigenvalue weighted by atomic mass is 9.99. The Morgan fingerprint density at radius 3 is 2.40 bits per heavy atom. The lowest BCUT2D eigenvalue weighted by Gasteiger charge is -2.38. The molecule has 0 spiro atoms. The van der Waals surface area contributed by atoms with Gasteiger partial charge in [-0.3, -0.25) is 4.79 Å². The number of sulfonamides is 1. The number of rotatable bonds is 8. The number of aliphatic hydroxyl groups is 1. The number of benzene rings is 2. The maximum atomic E-state index is 13.4. The molecule has 1 N–H and O–H groups in total. The molecule has 0 unspecified atom stereocenters. The number of nitrogens with zero attached hydrogens (tertiary/aromatic N) is 3. The molecule has 1 heterocycles. The number of methoxy groups -OCH3 is 1. The van der Waals surface area contributed by atoms with E-state index in [1.54, 1.807) is 36.1 Å². The van der Waals surface area contributed by atoms with Crippen LogP contribution in [0.1, 0.15) is 24.2 Å². The smallest absolute Gasteiger partial charge is 0.258 e. The van der Waals surface area contributed by atoms with Gasteiger partial charge in [-0.15, -0.1) is 0 Å². The summed E-state index contributed by atoms with van der Waals surface area (Å²) >= 11 is 0. The molecule has 3 rings (SSSR count). The van der Waals surface area contributed by atoms with E-state index < -0.39 is 22.2 Å². The number of hydrogen-bond acceptors (Lipinski definition) is 7. The van der Waals surface area contributed by atoms with E-state index in [1.165, 1.54) is 30.6 Å². The van der Waals surface area contributed by atoms with Gasteiger partial charge in [0.1, 0.15) is 11.9 Å². The molecule has 1 amide bonds. The van der Waals surface area contributed by atoms with Crippen LogP contribution in [0.2, 0.25) is 0 Å². The molecule has 2 aromatic rings. The van der Waals surface area contributed by atoms with Crippen LogP contribution in [0.3, 0.4) is 0 Å². The number of fused-ring (bicyclic) bond motifs is 1. The number of ether oxygens (including phenoxy) is 2. The fraction of sp³-hybridized carbons (Fsp3) is 0.480. The van der Waals surface area contributed by atoms with E-state index in [0.717, 1.165) is 0 Å². The lowest BCUT2D eigenvalue weighted by Crippen LogP contribution is -2.50. The molecule has 1 aliphatic heterocycles. The zero-order valence-electron chi connectivity index (χ0n) is 21.1. The summed E-state index contributed by atoms with van der Waals surface area (Å²) in [4.78, 5) is 17.1. The molecule has 9 nitrogen and oxygen atoms in total. The topological polar surface area (TPSA) is 99.6 Å². The van der Waals surface area contributed by atoms with Crippen molar-refractivity contribution in [2.24, 2.45) is 5.92 Å². The van der Waals surface area contributed by atoms with Gasteiger partial charge in [0.15, 0.2) is 5.75 Å². The lowest BCUT2D eigenvalue weighted by molar-refractivity contribution is 0.0388. The molecular formula is C25H35N3O6S. The van der Waals surface area contributed by atoms with E-state index in [-0.39, 0.29) is 29.9 Å². The normalized spacial score (nSPS) is 19.4. The number of aliphatic hydroxyl groups excluding tert-OH is 1. The first-order chi connectivity index (χ1) is 16.5. The highest BCUT2D eigenvalue weighted by Crippen LogP contribution is 2.36. The molecule has 192 valence electrons. The number of para-hydroxylation sites is 1. The molecule has 0 fully saturated rings. The van der Waals surface area contributed by atoms with Crippen molar-refractivity contribution in [3.63, 3.8) is 0 Å². The van der Waals surface area contributed by atoms with Gasteiger partial charge in [0.05, 0.1) is 42.4 Å². The minimum atomic E-state index is -3.79. The molecular weight excluding hydrogens is 470 g/mol. The Kier molecular flexibility index (Phi) is 8.30. The summed E-state index contributed by atoms with van der Waals surface area (Å²) in [5.74, 6) is 0.531. The third-order valence-corrected chi connectivity index (χ3v) is 8.19. The zero-order chi connectivity index (χ0) is 25.9. The van der Waals surface area contributed by atoms with E-state index >= 15 is 0 Å². The van der Waals surface area contributed by atoms with E-state index in [1.807, 2.05) is 32.0 Å². The second-order valence-electron chi connectivity index (χ2n) is 9.13. The summed E-state index contributed by atoms with van der Waals surface area (Å²) in [6, 6.07) is 11.2. The standard InChI is InChI=1S/C25H35N3O6S/c1-17-14-28(18(2)16-29)25(30)21-8-7-9-22(26(3)4)24(21)34-23(17)15-27(5)35(31,32)20-12-10-19(33-6)11-13-20/h7-13,17-18,23,29H,14-16H2,1-6H3/t17-,18+,23-/m1/s1. The third kappa shape index (κ3) is 5.55. The molecule has 2 aromatic carbocycles. The molecule has 0 radical (unpaired) electrons. The molecule has 0 saturated carbocycles. The van der Waals surface area contributed by atoms with Crippen LogP contribution in [0.5, 0.6) is 11.5 Å². The van der Waals surface area contributed by atoms with Crippen molar-refractivity contribution in [1.82, 2.24) is 9.21 Å². The minimum absolute atomic E-state index is 0.0757. The Morgan fingerprint density at radius 2 is 1.83 bits per heavy atom. The van der Waals surface area contributed by atoms with Gasteiger partial charge in [0.25, 0.3) is 5.91 Å². The Bertz CT molecular complexity index is 1140. The van der Waals surface area contributed by atoms with E-state index in [2.05, 4.69) is 0 Å². The second kappa shape index (κ2) is 10.8. The summed E-state index contributed by atoms with van der Waals surface area (Å²) in [6.07, 6.45) is -0.547. The van der Waals surface area contributed by atoms with Crippen LogP contribution in [0, 0.1) is 5.92 Å². The fourth-order valence-corrected chi connectivity index (χ4v) is 5.26. The van der Waals surface area contributed by atoms with Gasteiger partial charge >= 0.3 is 0 Å². The molecule has 1 aliphatic rings. The van der Waals surface area contributed by atoms with Gasteiger partial charge in [0, 0.05) is 33.6 Å². The third-order valence-electron chi connectivity index (χ3n) is 6.36. The van der Waals surface area contributed by atoms with E-state index in [0.29, 0.717) is 29.3 Å². The average Bonchev–Trinajstić information content (AvgIpc) is 2.84. The molecule has 0 bridgehead atoms.